The van der Waals surface area contributed by atoms with Gasteiger partial charge in [0, 0.05) is 48.7 Å². The van der Waals surface area contributed by atoms with Crippen LogP contribution >= 0.6 is 0 Å². The minimum atomic E-state index is 0.210. The maximum absolute atomic E-state index is 12.9. The summed E-state index contributed by atoms with van der Waals surface area (Å²) >= 11 is 0. The largest absolute Gasteiger partial charge is 0.372 e. The van der Waals surface area contributed by atoms with Crippen molar-refractivity contribution in [2.24, 2.45) is 0 Å². The summed E-state index contributed by atoms with van der Waals surface area (Å²) in [6, 6.07) is 17.3. The molecule has 3 aliphatic rings. The number of rotatable bonds is 4. The van der Waals surface area contributed by atoms with Crippen molar-refractivity contribution >= 4 is 29.3 Å². The zero-order valence-electron chi connectivity index (χ0n) is 17.6. The molecule has 2 aromatic carbocycles. The number of Topliss-reactive ketones (excluding diaryl/α,β-unsaturated/α-hetero) is 1. The molecule has 30 heavy (non-hydrogen) atoms. The predicted octanol–water partition coefficient (Wildman–Crippen LogP) is 5.72. The topological polar surface area (TPSA) is 23.6 Å². The van der Waals surface area contributed by atoms with E-state index in [4.69, 9.17) is 0 Å². The van der Waals surface area contributed by atoms with E-state index in [1.807, 2.05) is 0 Å². The first-order valence-electron chi connectivity index (χ1n) is 11.4. The summed E-state index contributed by atoms with van der Waals surface area (Å²) in [5.41, 5.74) is 6.71. The van der Waals surface area contributed by atoms with Crippen molar-refractivity contribution in [3.8, 4) is 0 Å². The van der Waals surface area contributed by atoms with Crippen LogP contribution in [0.25, 0.3) is 12.2 Å². The van der Waals surface area contributed by atoms with Crippen LogP contribution in [0.3, 0.4) is 0 Å². The number of anilines is 2. The quantitative estimate of drug-likeness (QED) is 0.616. The maximum Gasteiger partial charge on any atom is 0.185 e. The van der Waals surface area contributed by atoms with Crippen LogP contribution in [0.15, 0.2) is 59.7 Å². The zero-order valence-corrected chi connectivity index (χ0v) is 17.6. The predicted molar refractivity (Wildman–Crippen MR) is 126 cm³/mol. The molecule has 0 bridgehead atoms. The van der Waals surface area contributed by atoms with Crippen LogP contribution in [-0.4, -0.2) is 32.0 Å². The molecule has 5 rings (SSSR count). The second kappa shape index (κ2) is 8.51. The van der Waals surface area contributed by atoms with Gasteiger partial charge in [0.2, 0.25) is 0 Å². The summed E-state index contributed by atoms with van der Waals surface area (Å²) in [7, 11) is 0. The number of hydrogen-bond donors (Lipinski definition) is 0. The second-order valence-corrected chi connectivity index (χ2v) is 8.74. The molecular formula is C27H30N2O. The Balaban J connectivity index is 1.27. The second-order valence-electron chi connectivity index (χ2n) is 8.74. The molecule has 0 atom stereocenters. The van der Waals surface area contributed by atoms with E-state index in [1.54, 1.807) is 0 Å². The highest BCUT2D eigenvalue weighted by atomic mass is 16.1. The van der Waals surface area contributed by atoms with Gasteiger partial charge in [0.25, 0.3) is 0 Å². The third-order valence-corrected chi connectivity index (χ3v) is 6.66. The van der Waals surface area contributed by atoms with Crippen LogP contribution in [0.5, 0.6) is 0 Å². The van der Waals surface area contributed by atoms with Crippen LogP contribution in [0, 0.1) is 0 Å². The molecule has 154 valence electrons. The Hall–Kier alpha value is -2.81. The fraction of sp³-hybridized carbons (Fsp3) is 0.370. The number of ketones is 1. The molecule has 0 aromatic heterocycles. The number of allylic oxidation sites excluding steroid dienone is 2. The molecule has 1 saturated carbocycles. The fourth-order valence-electron chi connectivity index (χ4n) is 4.89. The maximum atomic E-state index is 12.9. The molecule has 3 fully saturated rings. The van der Waals surface area contributed by atoms with E-state index < -0.39 is 0 Å². The molecule has 1 aliphatic carbocycles. The van der Waals surface area contributed by atoms with E-state index in [0.717, 1.165) is 61.3 Å². The van der Waals surface area contributed by atoms with Gasteiger partial charge in [-0.2, -0.15) is 0 Å². The Kier molecular flexibility index (Phi) is 5.44. The molecule has 0 spiro atoms. The van der Waals surface area contributed by atoms with Gasteiger partial charge in [0.1, 0.15) is 0 Å². The van der Waals surface area contributed by atoms with Crippen molar-refractivity contribution in [2.45, 2.75) is 38.5 Å². The first-order valence-corrected chi connectivity index (χ1v) is 11.4. The number of hydrogen-bond acceptors (Lipinski definition) is 3. The van der Waals surface area contributed by atoms with Gasteiger partial charge in [-0.3, -0.25) is 4.79 Å². The molecule has 3 nitrogen and oxygen atoms in total. The Morgan fingerprint density at radius 1 is 0.567 bits per heavy atom. The van der Waals surface area contributed by atoms with E-state index in [-0.39, 0.29) is 5.78 Å². The minimum absolute atomic E-state index is 0.210. The highest BCUT2D eigenvalue weighted by molar-refractivity contribution is 6.15. The van der Waals surface area contributed by atoms with Gasteiger partial charge in [-0.1, -0.05) is 24.3 Å². The van der Waals surface area contributed by atoms with E-state index in [0.29, 0.717) is 0 Å². The van der Waals surface area contributed by atoms with Gasteiger partial charge in [-0.05, 0) is 86.1 Å². The molecule has 2 heterocycles. The van der Waals surface area contributed by atoms with E-state index in [9.17, 15) is 4.79 Å². The monoisotopic (exact) mass is 398 g/mol. The SMILES string of the molecule is O=C1/C(=C/c2ccc(N3CCCC3)cc2)CC/C1=C\c1ccc(N2CCCC2)cc1. The third kappa shape index (κ3) is 4.07. The zero-order chi connectivity index (χ0) is 20.3. The molecule has 0 amide bonds. The Morgan fingerprint density at radius 3 is 1.30 bits per heavy atom. The fourth-order valence-corrected chi connectivity index (χ4v) is 4.89. The van der Waals surface area contributed by atoms with Gasteiger partial charge in [-0.25, -0.2) is 0 Å². The van der Waals surface area contributed by atoms with Crippen LogP contribution < -0.4 is 9.80 Å². The Bertz CT molecular complexity index is 877. The summed E-state index contributed by atoms with van der Waals surface area (Å²) in [5.74, 6) is 0.210. The molecule has 3 heteroatoms. The summed E-state index contributed by atoms with van der Waals surface area (Å²) < 4.78 is 0. The smallest absolute Gasteiger partial charge is 0.185 e. The van der Waals surface area contributed by atoms with Crippen LogP contribution in [0.1, 0.15) is 49.7 Å². The molecule has 0 unspecified atom stereocenters. The van der Waals surface area contributed by atoms with Crippen molar-refractivity contribution < 1.29 is 4.79 Å². The normalized spacial score (nSPS) is 22.1. The van der Waals surface area contributed by atoms with Crippen LogP contribution in [-0.2, 0) is 4.79 Å². The summed E-state index contributed by atoms with van der Waals surface area (Å²) in [5, 5.41) is 0. The van der Waals surface area contributed by atoms with Crippen molar-refractivity contribution in [2.75, 3.05) is 36.0 Å². The van der Waals surface area contributed by atoms with Crippen LogP contribution in [0.2, 0.25) is 0 Å². The highest BCUT2D eigenvalue weighted by Gasteiger charge is 2.23. The average Bonchev–Trinajstić information content (AvgIpc) is 3.55. The van der Waals surface area contributed by atoms with Crippen LogP contribution in [0.4, 0.5) is 11.4 Å². The first kappa shape index (κ1) is 19.2. The van der Waals surface area contributed by atoms with E-state index >= 15 is 0 Å². The number of benzene rings is 2. The molecule has 0 N–H and O–H groups in total. The molecule has 2 aromatic rings. The molecule has 0 radical (unpaired) electrons. The van der Waals surface area contributed by atoms with Gasteiger partial charge < -0.3 is 9.80 Å². The van der Waals surface area contributed by atoms with Crippen molar-refractivity contribution in [3.63, 3.8) is 0 Å². The van der Waals surface area contributed by atoms with Gasteiger partial charge in [0.05, 0.1) is 0 Å². The summed E-state index contributed by atoms with van der Waals surface area (Å²) in [6.45, 7) is 4.64. The lowest BCUT2D eigenvalue weighted by Crippen LogP contribution is -2.17. The Labute approximate surface area is 179 Å². The lowest BCUT2D eigenvalue weighted by atomic mass is 10.1. The lowest BCUT2D eigenvalue weighted by molar-refractivity contribution is -0.111. The Morgan fingerprint density at radius 2 is 0.933 bits per heavy atom. The lowest BCUT2D eigenvalue weighted by Gasteiger charge is -2.17. The standard InChI is InChI=1S/C27H30N2O/c30-27-23(19-21-5-11-25(12-6-21)28-15-1-2-16-28)9-10-24(27)20-22-7-13-26(14-8-22)29-17-3-4-18-29/h5-8,11-14,19-20H,1-4,9-10,15-18H2/b23-19+,24-20+. The average molecular weight is 399 g/mol. The number of carbonyl (C=O) groups is 1. The minimum Gasteiger partial charge on any atom is -0.372 e. The molecule has 2 aliphatic heterocycles. The highest BCUT2D eigenvalue weighted by Crippen LogP contribution is 2.31. The van der Waals surface area contributed by atoms with Gasteiger partial charge in [-0.15, -0.1) is 0 Å². The van der Waals surface area contributed by atoms with Crippen molar-refractivity contribution in [1.82, 2.24) is 0 Å². The van der Waals surface area contributed by atoms with Gasteiger partial charge >= 0.3 is 0 Å². The van der Waals surface area contributed by atoms with E-state index in [1.165, 1.54) is 37.1 Å². The molecular weight excluding hydrogens is 368 g/mol. The third-order valence-electron chi connectivity index (χ3n) is 6.66. The van der Waals surface area contributed by atoms with Crippen molar-refractivity contribution in [1.29, 1.82) is 0 Å². The van der Waals surface area contributed by atoms with Gasteiger partial charge in [0.15, 0.2) is 5.78 Å². The molecule has 2 saturated heterocycles. The summed E-state index contributed by atoms with van der Waals surface area (Å²) in [6.07, 6.45) is 11.0. The van der Waals surface area contributed by atoms with E-state index in [2.05, 4.69) is 70.5 Å². The first-order chi connectivity index (χ1) is 14.8. The number of carbonyl (C=O) groups excluding carboxylic acids is 1. The van der Waals surface area contributed by atoms with Crippen molar-refractivity contribution in [3.05, 3.63) is 70.8 Å². The summed E-state index contributed by atoms with van der Waals surface area (Å²) in [4.78, 5) is 17.8. The number of nitrogens with zero attached hydrogens (tertiary/aromatic N) is 2.